The van der Waals surface area contributed by atoms with Gasteiger partial charge in [0, 0.05) is 12.2 Å². The van der Waals surface area contributed by atoms with Gasteiger partial charge in [0.1, 0.15) is 17.5 Å². The summed E-state index contributed by atoms with van der Waals surface area (Å²) in [4.78, 5) is 12.1. The van der Waals surface area contributed by atoms with Gasteiger partial charge in [-0.3, -0.25) is 4.79 Å². The molecular weight excluding hydrogens is 336 g/mol. The predicted molar refractivity (Wildman–Crippen MR) is 94.9 cm³/mol. The summed E-state index contributed by atoms with van der Waals surface area (Å²) < 4.78 is 11.3. The number of carbonyl (C=O) groups excluding carboxylic acids is 1. The SMILES string of the molecule is CC(=C[C@](C)(O)C1=CC2=CC(=O)[C@@](C)(O)[C@H](O)C2=CO1)[C@H]1OCC[C@@H]1C. The second-order valence-electron chi connectivity index (χ2n) is 7.81. The molecule has 0 saturated carbocycles. The first-order chi connectivity index (χ1) is 12.0. The van der Waals surface area contributed by atoms with Crippen molar-refractivity contribution in [2.24, 2.45) is 5.92 Å². The summed E-state index contributed by atoms with van der Waals surface area (Å²) in [6.07, 6.45) is 5.31. The van der Waals surface area contributed by atoms with E-state index in [9.17, 15) is 20.1 Å². The molecule has 0 bridgehead atoms. The van der Waals surface area contributed by atoms with Gasteiger partial charge < -0.3 is 24.8 Å². The van der Waals surface area contributed by atoms with Crippen molar-refractivity contribution < 1.29 is 29.6 Å². The van der Waals surface area contributed by atoms with Crippen LogP contribution in [0.15, 0.2) is 47.0 Å². The van der Waals surface area contributed by atoms with Crippen LogP contribution in [-0.2, 0) is 14.3 Å². The van der Waals surface area contributed by atoms with Crippen LogP contribution < -0.4 is 0 Å². The number of fused-ring (bicyclic) bond motifs is 1. The normalized spacial score (nSPS) is 37.2. The lowest BCUT2D eigenvalue weighted by Crippen LogP contribution is -2.50. The van der Waals surface area contributed by atoms with Crippen LogP contribution in [-0.4, -0.2) is 51.1 Å². The average Bonchev–Trinajstić information content (AvgIpc) is 2.98. The summed E-state index contributed by atoms with van der Waals surface area (Å²) in [5, 5.41) is 31.2. The van der Waals surface area contributed by atoms with Gasteiger partial charge in [-0.1, -0.05) is 6.92 Å². The van der Waals surface area contributed by atoms with Crippen molar-refractivity contribution >= 4 is 5.78 Å². The molecule has 0 radical (unpaired) electrons. The maximum Gasteiger partial charge on any atom is 0.190 e. The first-order valence-corrected chi connectivity index (χ1v) is 8.83. The monoisotopic (exact) mass is 362 g/mol. The molecule has 6 nitrogen and oxygen atoms in total. The maximum absolute atomic E-state index is 12.1. The Labute approximate surface area is 153 Å². The smallest absolute Gasteiger partial charge is 0.190 e. The minimum absolute atomic E-state index is 0.0378. The van der Waals surface area contributed by atoms with Gasteiger partial charge >= 0.3 is 0 Å². The minimum atomic E-state index is -1.89. The number of ketones is 1. The zero-order chi connectivity index (χ0) is 19.3. The van der Waals surface area contributed by atoms with E-state index in [-0.39, 0.29) is 11.9 Å². The van der Waals surface area contributed by atoms with Gasteiger partial charge in [0.15, 0.2) is 11.4 Å². The van der Waals surface area contributed by atoms with E-state index in [1.165, 1.54) is 25.3 Å². The molecular formula is C20H26O6. The molecule has 0 aromatic rings. The lowest BCUT2D eigenvalue weighted by molar-refractivity contribution is -0.140. The highest BCUT2D eigenvalue weighted by atomic mass is 16.5. The number of aliphatic hydroxyl groups excluding tert-OH is 1. The Morgan fingerprint density at radius 3 is 2.73 bits per heavy atom. The molecule has 0 amide bonds. The summed E-state index contributed by atoms with van der Waals surface area (Å²) in [6, 6.07) is 0. The van der Waals surface area contributed by atoms with Crippen LogP contribution in [0.5, 0.6) is 0 Å². The van der Waals surface area contributed by atoms with E-state index < -0.39 is 23.1 Å². The summed E-state index contributed by atoms with van der Waals surface area (Å²) in [6.45, 7) is 7.59. The fourth-order valence-corrected chi connectivity index (χ4v) is 3.66. The van der Waals surface area contributed by atoms with E-state index in [4.69, 9.17) is 9.47 Å². The highest BCUT2D eigenvalue weighted by Crippen LogP contribution is 2.37. The topological polar surface area (TPSA) is 96.2 Å². The lowest BCUT2D eigenvalue weighted by atomic mass is 9.78. The zero-order valence-corrected chi connectivity index (χ0v) is 15.5. The number of rotatable bonds is 3. The van der Waals surface area contributed by atoms with Crippen molar-refractivity contribution in [2.75, 3.05) is 6.61 Å². The van der Waals surface area contributed by atoms with Gasteiger partial charge in [-0.2, -0.15) is 0 Å². The van der Waals surface area contributed by atoms with Crippen molar-refractivity contribution in [3.63, 3.8) is 0 Å². The van der Waals surface area contributed by atoms with Crippen molar-refractivity contribution in [3.8, 4) is 0 Å². The molecule has 0 spiro atoms. The van der Waals surface area contributed by atoms with Gasteiger partial charge in [0.05, 0.1) is 12.4 Å². The first-order valence-electron chi connectivity index (χ1n) is 8.83. The van der Waals surface area contributed by atoms with Crippen molar-refractivity contribution in [1.29, 1.82) is 0 Å². The maximum atomic E-state index is 12.1. The number of allylic oxidation sites excluding steroid dienone is 1. The van der Waals surface area contributed by atoms with Gasteiger partial charge in [-0.25, -0.2) is 0 Å². The molecule has 2 heterocycles. The predicted octanol–water partition coefficient (Wildman–Crippen LogP) is 1.53. The third-order valence-electron chi connectivity index (χ3n) is 5.39. The highest BCUT2D eigenvalue weighted by Gasteiger charge is 2.45. The molecule has 26 heavy (non-hydrogen) atoms. The number of ether oxygens (including phenoxy) is 2. The standard InChI is InChI=1S/C20H26O6/c1-11-5-6-25-17(11)12(2)9-19(3,23)16-8-13-7-15(21)20(4,24)18(22)14(13)10-26-16/h7-11,17-18,22-24H,5-6H2,1-4H3/t11-,17-,18+,19-,20+/m0/s1. The Hall–Kier alpha value is -1.73. The first kappa shape index (κ1) is 19.0. The fraction of sp³-hybridized carbons (Fsp3) is 0.550. The van der Waals surface area contributed by atoms with E-state index in [0.717, 1.165) is 12.0 Å². The third-order valence-corrected chi connectivity index (χ3v) is 5.39. The van der Waals surface area contributed by atoms with Crippen LogP contribution in [0.1, 0.15) is 34.1 Å². The Morgan fingerprint density at radius 2 is 2.12 bits per heavy atom. The van der Waals surface area contributed by atoms with Crippen molar-refractivity contribution in [1.82, 2.24) is 0 Å². The van der Waals surface area contributed by atoms with Crippen LogP contribution in [0.3, 0.4) is 0 Å². The molecule has 1 saturated heterocycles. The fourth-order valence-electron chi connectivity index (χ4n) is 3.66. The van der Waals surface area contributed by atoms with Gasteiger partial charge in [-0.05, 0) is 62.5 Å². The largest absolute Gasteiger partial charge is 0.466 e. The summed E-state index contributed by atoms with van der Waals surface area (Å²) >= 11 is 0. The van der Waals surface area contributed by atoms with Crippen LogP contribution >= 0.6 is 0 Å². The van der Waals surface area contributed by atoms with E-state index in [1.54, 1.807) is 13.0 Å². The molecule has 6 heteroatoms. The van der Waals surface area contributed by atoms with Gasteiger partial charge in [0.25, 0.3) is 0 Å². The average molecular weight is 362 g/mol. The Bertz CT molecular complexity index is 737. The minimum Gasteiger partial charge on any atom is -0.466 e. The molecule has 2 aliphatic heterocycles. The quantitative estimate of drug-likeness (QED) is 0.659. The number of hydrogen-bond acceptors (Lipinski definition) is 6. The lowest BCUT2D eigenvalue weighted by Gasteiger charge is -2.35. The second kappa shape index (κ2) is 6.46. The molecule has 142 valence electrons. The Kier molecular flexibility index (Phi) is 4.73. The molecule has 3 N–H and O–H groups in total. The summed E-state index contributed by atoms with van der Waals surface area (Å²) in [5.74, 6) is 0.0269. The van der Waals surface area contributed by atoms with E-state index in [1.807, 2.05) is 6.92 Å². The molecule has 1 aliphatic carbocycles. The van der Waals surface area contributed by atoms with Crippen molar-refractivity contribution in [3.05, 3.63) is 47.0 Å². The van der Waals surface area contributed by atoms with Crippen LogP contribution in [0, 0.1) is 5.92 Å². The molecule has 0 unspecified atom stereocenters. The molecule has 1 fully saturated rings. The molecule has 0 aromatic heterocycles. The highest BCUT2D eigenvalue weighted by molar-refractivity contribution is 6.01. The number of carbonyl (C=O) groups is 1. The Morgan fingerprint density at radius 1 is 1.42 bits per heavy atom. The van der Waals surface area contributed by atoms with Crippen LogP contribution in [0.25, 0.3) is 0 Å². The van der Waals surface area contributed by atoms with Gasteiger partial charge in [-0.15, -0.1) is 0 Å². The van der Waals surface area contributed by atoms with Gasteiger partial charge in [0.2, 0.25) is 0 Å². The third kappa shape index (κ3) is 3.18. The molecule has 5 atom stereocenters. The van der Waals surface area contributed by atoms with E-state index >= 15 is 0 Å². The molecule has 3 rings (SSSR count). The number of hydrogen-bond donors (Lipinski definition) is 3. The molecule has 3 aliphatic rings. The zero-order valence-electron chi connectivity index (χ0n) is 15.5. The van der Waals surface area contributed by atoms with Crippen molar-refractivity contribution in [2.45, 2.75) is 57.5 Å². The Balaban J connectivity index is 1.89. The van der Waals surface area contributed by atoms with E-state index in [0.29, 0.717) is 23.7 Å². The van der Waals surface area contributed by atoms with E-state index in [2.05, 4.69) is 6.92 Å². The van der Waals surface area contributed by atoms with Crippen LogP contribution in [0.2, 0.25) is 0 Å². The summed E-state index contributed by atoms with van der Waals surface area (Å²) in [5.41, 5.74) is -1.66. The number of aliphatic hydroxyl groups is 3. The molecule has 0 aromatic carbocycles. The summed E-state index contributed by atoms with van der Waals surface area (Å²) in [7, 11) is 0. The van der Waals surface area contributed by atoms with Crippen LogP contribution in [0.4, 0.5) is 0 Å². The second-order valence-corrected chi connectivity index (χ2v) is 7.81.